The van der Waals surface area contributed by atoms with E-state index in [1.54, 1.807) is 18.2 Å². The van der Waals surface area contributed by atoms with E-state index in [0.29, 0.717) is 11.4 Å². The molecule has 0 heterocycles. The summed E-state index contributed by atoms with van der Waals surface area (Å²) in [7, 11) is 0. The van der Waals surface area contributed by atoms with Crippen LogP contribution in [0.25, 0.3) is 0 Å². The second-order valence-corrected chi connectivity index (χ2v) is 22.1. The molecule has 2 rings (SSSR count). The van der Waals surface area contributed by atoms with E-state index in [4.69, 9.17) is 4.84 Å². The SMILES string of the molecule is CC(=O)ON(C(=O)CNC(=O)Nc1cccc(C)c1)c1cccc[c]1[Sn]([CH3])([CH3])[CH3]. The van der Waals surface area contributed by atoms with E-state index in [-0.39, 0.29) is 6.54 Å². The summed E-state index contributed by atoms with van der Waals surface area (Å²) in [5, 5.41) is 6.18. The number of rotatable bonds is 5. The first-order chi connectivity index (χ1) is 13.6. The van der Waals surface area contributed by atoms with E-state index in [1.165, 1.54) is 6.92 Å². The van der Waals surface area contributed by atoms with Gasteiger partial charge in [-0.1, -0.05) is 0 Å². The van der Waals surface area contributed by atoms with Crippen LogP contribution >= 0.6 is 0 Å². The van der Waals surface area contributed by atoms with Crippen LogP contribution < -0.4 is 19.3 Å². The molecule has 0 bridgehead atoms. The second kappa shape index (κ2) is 9.77. The van der Waals surface area contributed by atoms with Crippen molar-refractivity contribution in [1.82, 2.24) is 5.32 Å². The molecule has 8 heteroatoms. The van der Waals surface area contributed by atoms with Gasteiger partial charge in [0, 0.05) is 0 Å². The van der Waals surface area contributed by atoms with Gasteiger partial charge < -0.3 is 0 Å². The number of anilines is 2. The maximum atomic E-state index is 12.8. The Morgan fingerprint density at radius 1 is 1.03 bits per heavy atom. The van der Waals surface area contributed by atoms with Crippen molar-refractivity contribution < 1.29 is 19.2 Å². The Balaban J connectivity index is 2.14. The Bertz CT molecular complexity index is 909. The Morgan fingerprint density at radius 2 is 1.72 bits per heavy atom. The molecule has 0 aliphatic heterocycles. The zero-order chi connectivity index (χ0) is 21.6. The third-order valence-electron chi connectivity index (χ3n) is 4.05. The standard InChI is InChI=1S/C18H18N3O4.3CH3.Sn/c1-13-7-6-8-15(11-13)20-18(24)19-12-17(23)21(25-14(2)22)16-9-4-3-5-10-16;;;;/h3-9,11H,12H2,1-2H3,(H2,19,20,24);3*1H3;. The number of benzene rings is 2. The van der Waals surface area contributed by atoms with Gasteiger partial charge in [0.15, 0.2) is 0 Å². The van der Waals surface area contributed by atoms with Crippen LogP contribution in [-0.2, 0) is 14.4 Å². The molecular formula is C21H27N3O4Sn. The number of para-hydroxylation sites is 1. The molecule has 0 radical (unpaired) electrons. The van der Waals surface area contributed by atoms with Crippen molar-refractivity contribution in [1.29, 1.82) is 0 Å². The molecule has 2 aromatic carbocycles. The number of amides is 3. The number of nitrogens with zero attached hydrogens (tertiary/aromatic N) is 1. The molecule has 3 amide bonds. The molecule has 154 valence electrons. The molecule has 29 heavy (non-hydrogen) atoms. The minimum atomic E-state index is -2.61. The van der Waals surface area contributed by atoms with Gasteiger partial charge >= 0.3 is 175 Å². The summed E-state index contributed by atoms with van der Waals surface area (Å²) >= 11 is -2.61. The van der Waals surface area contributed by atoms with Crippen LogP contribution in [0.5, 0.6) is 0 Å². The van der Waals surface area contributed by atoms with Crippen molar-refractivity contribution in [3.05, 3.63) is 54.1 Å². The van der Waals surface area contributed by atoms with Crippen LogP contribution in [-0.4, -0.2) is 42.8 Å². The summed E-state index contributed by atoms with van der Waals surface area (Å²) in [4.78, 5) is 48.4. The first kappa shape index (κ1) is 22.7. The van der Waals surface area contributed by atoms with E-state index in [0.717, 1.165) is 14.2 Å². The van der Waals surface area contributed by atoms with Crippen LogP contribution in [0.2, 0.25) is 14.8 Å². The molecule has 0 aromatic heterocycles. The molecule has 0 spiro atoms. The first-order valence-corrected chi connectivity index (χ1v) is 19.3. The number of carbonyl (C=O) groups excluding carboxylic acids is 3. The van der Waals surface area contributed by atoms with Crippen LogP contribution in [0.1, 0.15) is 12.5 Å². The van der Waals surface area contributed by atoms with E-state index in [2.05, 4.69) is 25.5 Å². The van der Waals surface area contributed by atoms with Gasteiger partial charge in [0.2, 0.25) is 0 Å². The van der Waals surface area contributed by atoms with E-state index in [9.17, 15) is 14.4 Å². The van der Waals surface area contributed by atoms with Gasteiger partial charge in [-0.05, 0) is 0 Å². The number of hydrogen-bond donors (Lipinski definition) is 2. The molecule has 2 N–H and O–H groups in total. The van der Waals surface area contributed by atoms with Gasteiger partial charge in [0.1, 0.15) is 0 Å². The average Bonchev–Trinajstić information content (AvgIpc) is 2.63. The maximum absolute atomic E-state index is 12.8. The van der Waals surface area contributed by atoms with Gasteiger partial charge in [0.05, 0.1) is 0 Å². The van der Waals surface area contributed by atoms with Gasteiger partial charge in [0.25, 0.3) is 0 Å². The third kappa shape index (κ3) is 6.77. The zero-order valence-electron chi connectivity index (χ0n) is 17.4. The number of carbonyl (C=O) groups is 3. The average molecular weight is 504 g/mol. The zero-order valence-corrected chi connectivity index (χ0v) is 20.3. The summed E-state index contributed by atoms with van der Waals surface area (Å²) in [6.07, 6.45) is 0. The fourth-order valence-electron chi connectivity index (χ4n) is 2.77. The fraction of sp³-hybridized carbons (Fsp3) is 0.286. The van der Waals surface area contributed by atoms with Crippen LogP contribution in [0.3, 0.4) is 0 Å². The van der Waals surface area contributed by atoms with E-state index in [1.807, 2.05) is 37.3 Å². The van der Waals surface area contributed by atoms with Gasteiger partial charge in [-0.25, -0.2) is 0 Å². The Morgan fingerprint density at radius 3 is 2.34 bits per heavy atom. The topological polar surface area (TPSA) is 87.7 Å². The molecule has 0 saturated carbocycles. The van der Waals surface area contributed by atoms with Gasteiger partial charge in [-0.3, -0.25) is 0 Å². The van der Waals surface area contributed by atoms with Crippen molar-refractivity contribution in [3.8, 4) is 0 Å². The first-order valence-electron chi connectivity index (χ1n) is 9.30. The molecule has 0 aliphatic rings. The predicted molar refractivity (Wildman–Crippen MR) is 117 cm³/mol. The van der Waals surface area contributed by atoms with Gasteiger partial charge in [-0.2, -0.15) is 0 Å². The summed E-state index contributed by atoms with van der Waals surface area (Å²) in [5.41, 5.74) is 2.18. The summed E-state index contributed by atoms with van der Waals surface area (Å²) in [6, 6.07) is 14.2. The number of nitrogens with one attached hydrogen (secondary N) is 2. The summed E-state index contributed by atoms with van der Waals surface area (Å²) < 4.78 is 1.04. The predicted octanol–water partition coefficient (Wildman–Crippen LogP) is 3.17. The number of hydrogen-bond acceptors (Lipinski definition) is 4. The van der Waals surface area contributed by atoms with Gasteiger partial charge in [-0.15, -0.1) is 0 Å². The fourth-order valence-corrected chi connectivity index (χ4v) is 7.20. The number of urea groups is 1. The molecule has 7 nitrogen and oxygen atoms in total. The molecule has 0 saturated heterocycles. The molecule has 0 unspecified atom stereocenters. The Kier molecular flexibility index (Phi) is 7.66. The summed E-state index contributed by atoms with van der Waals surface area (Å²) in [6.45, 7) is 2.83. The third-order valence-corrected chi connectivity index (χ3v) is 9.87. The van der Waals surface area contributed by atoms with E-state index >= 15 is 0 Å². The molecule has 2 aromatic rings. The van der Waals surface area contributed by atoms with E-state index < -0.39 is 36.3 Å². The van der Waals surface area contributed by atoms with Crippen LogP contribution in [0.15, 0.2) is 48.5 Å². The minimum absolute atomic E-state index is 0.321. The molecular weight excluding hydrogens is 477 g/mol. The number of hydroxylamine groups is 1. The van der Waals surface area contributed by atoms with Crippen LogP contribution in [0, 0.1) is 6.92 Å². The molecule has 0 fully saturated rings. The number of aryl methyl sites for hydroxylation is 1. The second-order valence-electron chi connectivity index (χ2n) is 7.72. The monoisotopic (exact) mass is 505 g/mol. The van der Waals surface area contributed by atoms with Crippen LogP contribution in [0.4, 0.5) is 16.2 Å². The van der Waals surface area contributed by atoms with Crippen molar-refractivity contribution in [2.45, 2.75) is 28.7 Å². The Labute approximate surface area is 175 Å². The van der Waals surface area contributed by atoms with Crippen molar-refractivity contribution in [3.63, 3.8) is 0 Å². The molecule has 0 atom stereocenters. The summed E-state index contributed by atoms with van der Waals surface area (Å²) in [5.74, 6) is -1.15. The molecule has 0 aliphatic carbocycles. The normalized spacial score (nSPS) is 10.8. The van der Waals surface area contributed by atoms with Crippen molar-refractivity contribution in [2.24, 2.45) is 0 Å². The van der Waals surface area contributed by atoms with Crippen molar-refractivity contribution >= 4 is 51.2 Å². The quantitative estimate of drug-likeness (QED) is 0.484. The Hall–Kier alpha value is -2.55. The van der Waals surface area contributed by atoms with Crippen molar-refractivity contribution in [2.75, 3.05) is 16.9 Å².